The fourth-order valence-corrected chi connectivity index (χ4v) is 5.35. The van der Waals surface area contributed by atoms with E-state index in [2.05, 4.69) is 17.7 Å². The number of ether oxygens (including phenoxy) is 1. The molecule has 1 saturated carbocycles. The molecule has 6 heteroatoms. The Morgan fingerprint density at radius 3 is 2.18 bits per heavy atom. The Kier molecular flexibility index (Phi) is 9.63. The lowest BCUT2D eigenvalue weighted by molar-refractivity contribution is -0.254. The van der Waals surface area contributed by atoms with Crippen LogP contribution in [0.5, 0.6) is 5.75 Å². The second kappa shape index (κ2) is 12.2. The fourth-order valence-electron chi connectivity index (χ4n) is 5.35. The molecule has 0 bridgehead atoms. The van der Waals surface area contributed by atoms with Crippen LogP contribution in [0.1, 0.15) is 96.0 Å². The number of allylic oxidation sites excluding steroid dienone is 2. The van der Waals surface area contributed by atoms with E-state index in [4.69, 9.17) is 0 Å². The zero-order chi connectivity index (χ0) is 23.8. The predicted molar refractivity (Wildman–Crippen MR) is 122 cm³/mol. The van der Waals surface area contributed by atoms with Crippen molar-refractivity contribution in [3.8, 4) is 5.75 Å². The maximum Gasteiger partial charge on any atom is 0.461 e. The Bertz CT molecular complexity index is 768. The number of hydrogen-bond donors (Lipinski definition) is 0. The second-order valence-corrected chi connectivity index (χ2v) is 9.94. The molecule has 1 fully saturated rings. The van der Waals surface area contributed by atoms with Gasteiger partial charge in [-0.25, -0.2) is 4.39 Å². The van der Waals surface area contributed by atoms with Gasteiger partial charge in [0.25, 0.3) is 0 Å². The summed E-state index contributed by atoms with van der Waals surface area (Å²) in [6.45, 7) is 2.26. The normalized spacial score (nSPS) is 24.1. The molecular weight excluding hydrogens is 435 g/mol. The summed E-state index contributed by atoms with van der Waals surface area (Å²) in [6, 6.07) is 3.57. The summed E-state index contributed by atoms with van der Waals surface area (Å²) in [5, 5.41) is 0. The zero-order valence-electron chi connectivity index (χ0n) is 19.6. The first kappa shape index (κ1) is 26.0. The summed E-state index contributed by atoms with van der Waals surface area (Å²) in [7, 11) is 0. The lowest BCUT2D eigenvalue weighted by atomic mass is 9.76. The van der Waals surface area contributed by atoms with Gasteiger partial charge in [-0.05, 0) is 66.7 Å². The molecule has 0 spiro atoms. The lowest BCUT2D eigenvalue weighted by Gasteiger charge is -2.30. The monoisotopic (exact) mass is 472 g/mol. The Balaban J connectivity index is 1.43. The molecule has 0 aromatic heterocycles. The van der Waals surface area contributed by atoms with Crippen LogP contribution in [0.2, 0.25) is 0 Å². The largest absolute Gasteiger partial charge is 0.461 e. The molecule has 0 radical (unpaired) electrons. The van der Waals surface area contributed by atoms with E-state index in [0.717, 1.165) is 48.8 Å². The van der Waals surface area contributed by atoms with Gasteiger partial charge in [0.05, 0.1) is 0 Å². The minimum atomic E-state index is -4.71. The third-order valence-electron chi connectivity index (χ3n) is 7.49. The lowest BCUT2D eigenvalue weighted by Crippen LogP contribution is -2.33. The van der Waals surface area contributed by atoms with Crippen molar-refractivity contribution in [2.75, 3.05) is 0 Å². The molecule has 0 saturated heterocycles. The molecule has 2 aliphatic carbocycles. The van der Waals surface area contributed by atoms with Gasteiger partial charge >= 0.3 is 12.5 Å². The highest BCUT2D eigenvalue weighted by atomic mass is 19.3. The van der Waals surface area contributed by atoms with Crippen molar-refractivity contribution in [1.29, 1.82) is 0 Å². The fraction of sp³-hybridized carbons (Fsp3) is 0.704. The van der Waals surface area contributed by atoms with E-state index in [1.807, 2.05) is 0 Å². The number of rotatable bonds is 11. The first-order valence-electron chi connectivity index (χ1n) is 12.6. The molecule has 33 heavy (non-hydrogen) atoms. The highest BCUT2D eigenvalue weighted by Gasteiger charge is 2.44. The molecule has 186 valence electrons. The predicted octanol–water partition coefficient (Wildman–Crippen LogP) is 9.41. The quantitative estimate of drug-likeness (QED) is 0.230. The van der Waals surface area contributed by atoms with E-state index in [0.29, 0.717) is 11.5 Å². The average Bonchev–Trinajstić information content (AvgIpc) is 2.80. The van der Waals surface area contributed by atoms with E-state index in [1.54, 1.807) is 0 Å². The van der Waals surface area contributed by atoms with Gasteiger partial charge in [-0.2, -0.15) is 17.6 Å². The topological polar surface area (TPSA) is 9.23 Å². The van der Waals surface area contributed by atoms with Gasteiger partial charge < -0.3 is 4.74 Å². The Morgan fingerprint density at radius 1 is 0.939 bits per heavy atom. The van der Waals surface area contributed by atoms with Gasteiger partial charge in [0.1, 0.15) is 0 Å². The van der Waals surface area contributed by atoms with Gasteiger partial charge in [-0.1, -0.05) is 76.9 Å². The smallest absolute Gasteiger partial charge is 0.425 e. The number of benzene rings is 1. The van der Waals surface area contributed by atoms with Crippen LogP contribution < -0.4 is 4.74 Å². The van der Waals surface area contributed by atoms with Crippen LogP contribution in [0.15, 0.2) is 24.3 Å². The summed E-state index contributed by atoms with van der Waals surface area (Å²) in [5.74, 6) is 0.505. The zero-order valence-corrected chi connectivity index (χ0v) is 19.6. The van der Waals surface area contributed by atoms with Crippen molar-refractivity contribution in [3.63, 3.8) is 0 Å². The summed E-state index contributed by atoms with van der Waals surface area (Å²) in [4.78, 5) is 0. The van der Waals surface area contributed by atoms with Gasteiger partial charge in [0.15, 0.2) is 11.6 Å². The number of alkyl halides is 4. The first-order valence-corrected chi connectivity index (χ1v) is 12.6. The van der Waals surface area contributed by atoms with Gasteiger partial charge in [-0.15, -0.1) is 0 Å². The summed E-state index contributed by atoms with van der Waals surface area (Å²) < 4.78 is 68.8. The Morgan fingerprint density at radius 2 is 1.61 bits per heavy atom. The van der Waals surface area contributed by atoms with Crippen LogP contribution in [-0.2, 0) is 0 Å². The molecule has 0 amide bonds. The molecule has 2 aliphatic rings. The molecule has 0 heterocycles. The third-order valence-corrected chi connectivity index (χ3v) is 7.49. The summed E-state index contributed by atoms with van der Waals surface area (Å²) >= 11 is 0. The highest BCUT2D eigenvalue weighted by molar-refractivity contribution is 5.67. The van der Waals surface area contributed by atoms with Crippen LogP contribution in [-0.4, -0.2) is 12.5 Å². The van der Waals surface area contributed by atoms with E-state index in [-0.39, 0.29) is 0 Å². The molecular formula is C27H37F5O. The van der Waals surface area contributed by atoms with Crippen molar-refractivity contribution < 1.29 is 26.7 Å². The minimum Gasteiger partial charge on any atom is -0.425 e. The van der Waals surface area contributed by atoms with Crippen LogP contribution in [0.25, 0.3) is 5.57 Å². The van der Waals surface area contributed by atoms with Crippen LogP contribution in [0.4, 0.5) is 22.0 Å². The van der Waals surface area contributed by atoms with Crippen LogP contribution in [0.3, 0.4) is 0 Å². The molecule has 1 aromatic carbocycles. The van der Waals surface area contributed by atoms with Crippen molar-refractivity contribution in [1.82, 2.24) is 0 Å². The summed E-state index contributed by atoms with van der Waals surface area (Å²) in [5.41, 5.74) is 1.57. The van der Waals surface area contributed by atoms with E-state index in [9.17, 15) is 22.0 Å². The van der Waals surface area contributed by atoms with Crippen LogP contribution in [0, 0.1) is 23.6 Å². The maximum absolute atomic E-state index is 14.2. The van der Waals surface area contributed by atoms with E-state index in [1.165, 1.54) is 70.3 Å². The van der Waals surface area contributed by atoms with Crippen molar-refractivity contribution in [2.24, 2.45) is 17.8 Å². The summed E-state index contributed by atoms with van der Waals surface area (Å²) in [6.07, 6.45) is 9.59. The van der Waals surface area contributed by atoms with E-state index >= 15 is 0 Å². The molecule has 3 rings (SSSR count). The van der Waals surface area contributed by atoms with Crippen molar-refractivity contribution >= 4 is 5.57 Å². The Hall–Kier alpha value is -1.59. The third kappa shape index (κ3) is 7.71. The maximum atomic E-state index is 14.2. The molecule has 1 aromatic rings. The second-order valence-electron chi connectivity index (χ2n) is 9.94. The van der Waals surface area contributed by atoms with Crippen LogP contribution >= 0.6 is 0 Å². The number of halogens is 5. The standard InChI is InChI=1S/C27H37F5O/c1-2-3-4-5-19-6-8-20(9-7-19)10-11-21-12-14-22(15-13-21)23-16-17-25(24(28)18-23)33-27(31,32)26(29)30/h14,16-21,26H,2-13,15H2,1H3/t19-,20-,21?. The number of unbranched alkanes of at least 4 members (excludes halogenated alkanes) is 2. The molecule has 1 nitrogen and oxygen atoms in total. The Labute approximate surface area is 194 Å². The minimum absolute atomic E-state index is 0.597. The molecule has 0 N–H and O–H groups in total. The molecule has 1 atom stereocenters. The highest BCUT2D eigenvalue weighted by Crippen LogP contribution is 2.38. The average molecular weight is 473 g/mol. The molecule has 0 aliphatic heterocycles. The molecule has 1 unspecified atom stereocenters. The van der Waals surface area contributed by atoms with Gasteiger partial charge in [-0.3, -0.25) is 0 Å². The number of hydrogen-bond acceptors (Lipinski definition) is 1. The van der Waals surface area contributed by atoms with Crippen molar-refractivity contribution in [2.45, 2.75) is 103 Å². The van der Waals surface area contributed by atoms with Gasteiger partial charge in [0.2, 0.25) is 0 Å². The SMILES string of the molecule is CCCCC[C@H]1CC[C@H](CCC2CC=C(c3ccc(OC(F)(F)C(F)F)c(F)c3)CC2)CC1. The van der Waals surface area contributed by atoms with E-state index < -0.39 is 24.1 Å². The van der Waals surface area contributed by atoms with Gasteiger partial charge in [0, 0.05) is 0 Å². The van der Waals surface area contributed by atoms with Crippen molar-refractivity contribution in [3.05, 3.63) is 35.7 Å². The first-order chi connectivity index (χ1) is 15.8.